The lowest BCUT2D eigenvalue weighted by molar-refractivity contribution is 0.932. The molecule has 3 heteroatoms. The fourth-order valence-electron chi connectivity index (χ4n) is 0.393. The quantitative estimate of drug-likeness (QED) is 0.575. The van der Waals surface area contributed by atoms with E-state index in [1.807, 2.05) is 0 Å². The van der Waals surface area contributed by atoms with Gasteiger partial charge < -0.3 is 0 Å². The van der Waals surface area contributed by atoms with Crippen LogP contribution in [0.3, 0.4) is 0 Å². The van der Waals surface area contributed by atoms with Gasteiger partial charge in [0.05, 0.1) is 17.0 Å². The summed E-state index contributed by atoms with van der Waals surface area (Å²) in [5.74, 6) is 0. The normalized spacial score (nSPS) is 9.12. The Bertz CT molecular complexity index is 154. The summed E-state index contributed by atoms with van der Waals surface area (Å²) in [7, 11) is 0. The van der Waals surface area contributed by atoms with Crippen LogP contribution in [0.1, 0.15) is 0 Å². The monoisotopic (exact) mass is 129 g/mol. The SMILES string of the molecule is FSc1cccnc1. The van der Waals surface area contributed by atoms with E-state index in [4.69, 9.17) is 0 Å². The van der Waals surface area contributed by atoms with Gasteiger partial charge in [0.15, 0.2) is 0 Å². The van der Waals surface area contributed by atoms with Gasteiger partial charge in [-0.05, 0) is 12.1 Å². The fourth-order valence-corrected chi connectivity index (χ4v) is 0.623. The summed E-state index contributed by atoms with van der Waals surface area (Å²) >= 11 is 0.206. The standard InChI is InChI=1S/C5H4FNS/c6-8-5-2-1-3-7-4-5/h1-4H. The van der Waals surface area contributed by atoms with Crippen molar-refractivity contribution in [3.8, 4) is 0 Å². The molecule has 1 heterocycles. The third-order valence-corrected chi connectivity index (χ3v) is 1.14. The maximum absolute atomic E-state index is 11.6. The summed E-state index contributed by atoms with van der Waals surface area (Å²) in [5, 5.41) is 0. The third kappa shape index (κ3) is 1.20. The van der Waals surface area contributed by atoms with Crippen molar-refractivity contribution in [1.82, 2.24) is 4.98 Å². The number of nitrogens with zero attached hydrogens (tertiary/aromatic N) is 1. The molecule has 1 aromatic heterocycles. The predicted molar refractivity (Wildman–Crippen MR) is 31.2 cm³/mol. The minimum Gasteiger partial charge on any atom is -0.263 e. The lowest BCUT2D eigenvalue weighted by Crippen LogP contribution is -1.67. The molecule has 42 valence electrons. The molecule has 0 aliphatic rings. The molecule has 0 saturated carbocycles. The van der Waals surface area contributed by atoms with E-state index >= 15 is 0 Å². The molecule has 0 fully saturated rings. The Morgan fingerprint density at radius 2 is 2.50 bits per heavy atom. The van der Waals surface area contributed by atoms with Crippen molar-refractivity contribution in [2.45, 2.75) is 4.90 Å². The van der Waals surface area contributed by atoms with Crippen LogP contribution in [-0.2, 0) is 0 Å². The van der Waals surface area contributed by atoms with Gasteiger partial charge in [0.2, 0.25) is 0 Å². The van der Waals surface area contributed by atoms with Gasteiger partial charge in [0.25, 0.3) is 0 Å². The summed E-state index contributed by atoms with van der Waals surface area (Å²) in [4.78, 5) is 4.24. The zero-order chi connectivity index (χ0) is 5.82. The fraction of sp³-hybridized carbons (Fsp3) is 0. The highest BCUT2D eigenvalue weighted by molar-refractivity contribution is 7.94. The first-order valence-corrected chi connectivity index (χ1v) is 2.84. The van der Waals surface area contributed by atoms with Gasteiger partial charge in [0, 0.05) is 12.4 Å². The molecule has 1 aromatic rings. The molecule has 8 heavy (non-hydrogen) atoms. The lowest BCUT2D eigenvalue weighted by atomic mass is 10.5. The summed E-state index contributed by atoms with van der Waals surface area (Å²) in [6.07, 6.45) is 3.09. The predicted octanol–water partition coefficient (Wildman–Crippen LogP) is 2.06. The van der Waals surface area contributed by atoms with Crippen LogP contribution < -0.4 is 0 Å². The molecule has 0 unspecified atom stereocenters. The topological polar surface area (TPSA) is 12.9 Å². The molecule has 0 radical (unpaired) electrons. The van der Waals surface area contributed by atoms with E-state index in [9.17, 15) is 3.89 Å². The van der Waals surface area contributed by atoms with Crippen LogP contribution in [0.4, 0.5) is 3.89 Å². The first-order chi connectivity index (χ1) is 3.93. The molecule has 0 spiro atoms. The molecule has 0 atom stereocenters. The smallest absolute Gasteiger partial charge is 0.0828 e. The van der Waals surface area contributed by atoms with Crippen molar-refractivity contribution in [3.63, 3.8) is 0 Å². The van der Waals surface area contributed by atoms with Crippen LogP contribution in [0, 0.1) is 0 Å². The number of aromatic nitrogens is 1. The number of rotatable bonds is 1. The van der Waals surface area contributed by atoms with Gasteiger partial charge in [0.1, 0.15) is 0 Å². The van der Waals surface area contributed by atoms with Crippen molar-refractivity contribution >= 4 is 12.1 Å². The van der Waals surface area contributed by atoms with Gasteiger partial charge in [-0.1, -0.05) is 0 Å². The number of pyridine rings is 1. The summed E-state index contributed by atoms with van der Waals surface area (Å²) in [6.45, 7) is 0. The Kier molecular flexibility index (Phi) is 1.86. The molecular formula is C5H4FNS. The van der Waals surface area contributed by atoms with Crippen molar-refractivity contribution < 1.29 is 3.89 Å². The second kappa shape index (κ2) is 2.67. The van der Waals surface area contributed by atoms with Crippen LogP contribution in [-0.4, -0.2) is 4.98 Å². The Labute approximate surface area is 51.2 Å². The van der Waals surface area contributed by atoms with Crippen molar-refractivity contribution in [2.24, 2.45) is 0 Å². The van der Waals surface area contributed by atoms with E-state index in [-0.39, 0.29) is 12.1 Å². The minimum absolute atomic E-state index is 0.206. The van der Waals surface area contributed by atoms with Crippen LogP contribution in [0.25, 0.3) is 0 Å². The Morgan fingerprint density at radius 1 is 1.62 bits per heavy atom. The van der Waals surface area contributed by atoms with E-state index in [2.05, 4.69) is 4.98 Å². The van der Waals surface area contributed by atoms with E-state index in [1.54, 1.807) is 18.3 Å². The molecule has 0 aliphatic carbocycles. The van der Waals surface area contributed by atoms with E-state index < -0.39 is 0 Å². The molecule has 0 aliphatic heterocycles. The van der Waals surface area contributed by atoms with E-state index in [0.29, 0.717) is 4.90 Å². The summed E-state index contributed by atoms with van der Waals surface area (Å²) in [6, 6.07) is 3.36. The average molecular weight is 129 g/mol. The Balaban J connectivity index is 2.83. The first-order valence-electron chi connectivity index (χ1n) is 2.12. The van der Waals surface area contributed by atoms with Gasteiger partial charge in [-0.3, -0.25) is 4.98 Å². The third-order valence-electron chi connectivity index (χ3n) is 0.723. The van der Waals surface area contributed by atoms with Gasteiger partial charge >= 0.3 is 0 Å². The summed E-state index contributed by atoms with van der Waals surface area (Å²) < 4.78 is 11.6. The highest BCUT2D eigenvalue weighted by Crippen LogP contribution is 2.15. The average Bonchev–Trinajstić information content (AvgIpc) is 1.90. The summed E-state index contributed by atoms with van der Waals surface area (Å²) in [5.41, 5.74) is 0. The Hall–Kier alpha value is -0.570. The largest absolute Gasteiger partial charge is 0.263 e. The second-order valence-corrected chi connectivity index (χ2v) is 1.89. The highest BCUT2D eigenvalue weighted by Gasteiger charge is 1.86. The highest BCUT2D eigenvalue weighted by atomic mass is 32.2. The maximum Gasteiger partial charge on any atom is 0.0828 e. The molecular weight excluding hydrogens is 125 g/mol. The van der Waals surface area contributed by atoms with Gasteiger partial charge in [-0.2, -0.15) is 3.89 Å². The van der Waals surface area contributed by atoms with Crippen LogP contribution in [0.5, 0.6) is 0 Å². The molecule has 1 rings (SSSR count). The van der Waals surface area contributed by atoms with Crippen molar-refractivity contribution in [2.75, 3.05) is 0 Å². The lowest BCUT2D eigenvalue weighted by Gasteiger charge is -1.84. The van der Waals surface area contributed by atoms with Crippen molar-refractivity contribution in [3.05, 3.63) is 24.5 Å². The van der Waals surface area contributed by atoms with Crippen molar-refractivity contribution in [1.29, 1.82) is 0 Å². The van der Waals surface area contributed by atoms with Crippen LogP contribution >= 0.6 is 12.1 Å². The minimum atomic E-state index is 0.206. The number of halogens is 1. The number of hydrogen-bond acceptors (Lipinski definition) is 2. The zero-order valence-corrected chi connectivity index (χ0v) is 4.86. The molecule has 0 amide bonds. The van der Waals surface area contributed by atoms with Crippen LogP contribution in [0.2, 0.25) is 0 Å². The van der Waals surface area contributed by atoms with E-state index in [0.717, 1.165) is 0 Å². The Morgan fingerprint density at radius 3 is 2.88 bits per heavy atom. The first kappa shape index (κ1) is 5.56. The maximum atomic E-state index is 11.6. The number of hydrogen-bond donors (Lipinski definition) is 0. The molecule has 0 saturated heterocycles. The zero-order valence-electron chi connectivity index (χ0n) is 4.04. The van der Waals surface area contributed by atoms with E-state index in [1.165, 1.54) is 6.20 Å². The van der Waals surface area contributed by atoms with Gasteiger partial charge in [-0.25, -0.2) is 0 Å². The molecule has 0 aromatic carbocycles. The van der Waals surface area contributed by atoms with Gasteiger partial charge in [-0.15, -0.1) is 0 Å². The molecule has 0 bridgehead atoms. The molecule has 0 N–H and O–H groups in total. The molecule has 1 nitrogen and oxygen atoms in total. The van der Waals surface area contributed by atoms with Crippen LogP contribution in [0.15, 0.2) is 29.4 Å². The second-order valence-electron chi connectivity index (χ2n) is 1.27.